The Bertz CT molecular complexity index is 727. The molecular weight excluding hydrogens is 276 g/mol. The number of hydrogen-bond donors (Lipinski definition) is 2. The lowest BCUT2D eigenvalue weighted by Gasteiger charge is -2.15. The number of halogens is 2. The monoisotopic (exact) mass is 291 g/mol. The number of anilines is 2. The molecule has 2 aromatic rings. The number of hydrogen-bond acceptors (Lipinski definition) is 2. The molecule has 0 aliphatic rings. The number of benzene rings is 2. The lowest BCUT2D eigenvalue weighted by Crippen LogP contribution is -2.08. The first-order valence-corrected chi connectivity index (χ1v) is 6.37. The van der Waals surface area contributed by atoms with Gasteiger partial charge in [-0.3, -0.25) is 0 Å². The summed E-state index contributed by atoms with van der Waals surface area (Å²) in [5.41, 5.74) is 1.66. The largest absolute Gasteiger partial charge is 0.478 e. The van der Waals surface area contributed by atoms with Crippen LogP contribution in [0.5, 0.6) is 0 Å². The summed E-state index contributed by atoms with van der Waals surface area (Å²) in [6, 6.07) is 6.49. The maximum Gasteiger partial charge on any atom is 0.337 e. The smallest absolute Gasteiger partial charge is 0.337 e. The molecule has 0 aromatic heterocycles. The molecule has 5 heteroatoms. The van der Waals surface area contributed by atoms with E-state index >= 15 is 0 Å². The van der Waals surface area contributed by atoms with Crippen molar-refractivity contribution in [3.63, 3.8) is 0 Å². The van der Waals surface area contributed by atoms with Crippen molar-refractivity contribution in [2.45, 2.75) is 20.8 Å². The van der Waals surface area contributed by atoms with Crippen molar-refractivity contribution < 1.29 is 18.7 Å². The van der Waals surface area contributed by atoms with E-state index in [9.17, 15) is 13.6 Å². The molecule has 0 heterocycles. The van der Waals surface area contributed by atoms with E-state index in [1.165, 1.54) is 6.92 Å². The predicted molar refractivity (Wildman–Crippen MR) is 77.3 cm³/mol. The van der Waals surface area contributed by atoms with Gasteiger partial charge in [-0.1, -0.05) is 17.7 Å². The molecule has 0 saturated heterocycles. The van der Waals surface area contributed by atoms with Crippen LogP contribution in [0.1, 0.15) is 27.0 Å². The van der Waals surface area contributed by atoms with Gasteiger partial charge in [0.05, 0.1) is 11.3 Å². The van der Waals surface area contributed by atoms with E-state index in [1.54, 1.807) is 19.1 Å². The molecule has 0 unspecified atom stereocenters. The molecule has 0 radical (unpaired) electrons. The first-order chi connectivity index (χ1) is 9.81. The maximum absolute atomic E-state index is 14.1. The highest BCUT2D eigenvalue weighted by molar-refractivity contribution is 5.95. The van der Waals surface area contributed by atoms with Crippen LogP contribution in [0.15, 0.2) is 24.3 Å². The third-order valence-electron chi connectivity index (χ3n) is 3.26. The Hall–Kier alpha value is -2.43. The molecule has 0 aliphatic heterocycles. The molecule has 0 aliphatic carbocycles. The highest BCUT2D eigenvalue weighted by Gasteiger charge is 2.21. The number of aryl methyl sites for hydroxylation is 3. The SMILES string of the molecule is Cc1ccc(Nc2c(C(=O)O)cc(C)c(F)c2F)c(C)c1. The van der Waals surface area contributed by atoms with E-state index in [2.05, 4.69) is 5.32 Å². The second kappa shape index (κ2) is 5.52. The standard InChI is InChI=1S/C16H15F2NO2/c1-8-4-5-12(9(2)6-8)19-15-11(16(20)21)7-10(3)13(17)14(15)18/h4-7,19H,1-3H3,(H,20,21). The molecule has 110 valence electrons. The van der Waals surface area contributed by atoms with E-state index in [0.717, 1.165) is 17.2 Å². The summed E-state index contributed by atoms with van der Waals surface area (Å²) in [5.74, 6) is -3.55. The van der Waals surface area contributed by atoms with Crippen LogP contribution in [0.25, 0.3) is 0 Å². The fourth-order valence-corrected chi connectivity index (χ4v) is 2.13. The van der Waals surface area contributed by atoms with Gasteiger partial charge in [0.25, 0.3) is 0 Å². The van der Waals surface area contributed by atoms with Gasteiger partial charge in [0.2, 0.25) is 0 Å². The summed E-state index contributed by atoms with van der Waals surface area (Å²) in [6.45, 7) is 5.04. The predicted octanol–water partition coefficient (Wildman–Crippen LogP) is 4.33. The van der Waals surface area contributed by atoms with Gasteiger partial charge >= 0.3 is 5.97 Å². The van der Waals surface area contributed by atoms with Gasteiger partial charge in [-0.2, -0.15) is 0 Å². The van der Waals surface area contributed by atoms with Gasteiger partial charge in [-0.25, -0.2) is 13.6 Å². The minimum absolute atomic E-state index is 0.0453. The summed E-state index contributed by atoms with van der Waals surface area (Å²) in [4.78, 5) is 11.2. The van der Waals surface area contributed by atoms with E-state index in [0.29, 0.717) is 5.69 Å². The average Bonchev–Trinajstić information content (AvgIpc) is 2.41. The summed E-state index contributed by atoms with van der Waals surface area (Å²) in [5, 5.41) is 11.9. The van der Waals surface area contributed by atoms with Crippen molar-refractivity contribution in [2.75, 3.05) is 5.32 Å². The molecule has 2 aromatic carbocycles. The van der Waals surface area contributed by atoms with Crippen LogP contribution in [0.4, 0.5) is 20.2 Å². The average molecular weight is 291 g/mol. The Morgan fingerprint density at radius 1 is 1.05 bits per heavy atom. The third kappa shape index (κ3) is 2.86. The fourth-order valence-electron chi connectivity index (χ4n) is 2.13. The summed E-state index contributed by atoms with van der Waals surface area (Å²) in [7, 11) is 0. The van der Waals surface area contributed by atoms with Gasteiger partial charge in [0.1, 0.15) is 0 Å². The second-order valence-corrected chi connectivity index (χ2v) is 4.99. The Morgan fingerprint density at radius 2 is 1.71 bits per heavy atom. The van der Waals surface area contributed by atoms with Crippen LogP contribution in [0.2, 0.25) is 0 Å². The minimum atomic E-state index is -1.32. The number of carbonyl (C=O) groups is 1. The Labute approximate surface area is 121 Å². The number of aromatic carboxylic acids is 1. The van der Waals surface area contributed by atoms with E-state index < -0.39 is 17.6 Å². The molecule has 0 fully saturated rings. The molecular formula is C16H15F2NO2. The molecule has 0 atom stereocenters. The van der Waals surface area contributed by atoms with Crippen LogP contribution in [-0.2, 0) is 0 Å². The Balaban J connectivity index is 2.57. The van der Waals surface area contributed by atoms with Crippen LogP contribution in [0, 0.1) is 32.4 Å². The maximum atomic E-state index is 14.1. The van der Waals surface area contributed by atoms with E-state index in [-0.39, 0.29) is 16.8 Å². The van der Waals surface area contributed by atoms with Crippen molar-refractivity contribution >= 4 is 17.3 Å². The molecule has 0 saturated carbocycles. The Kier molecular flexibility index (Phi) is 3.93. The molecule has 21 heavy (non-hydrogen) atoms. The van der Waals surface area contributed by atoms with Gasteiger partial charge in [-0.15, -0.1) is 0 Å². The number of carboxylic acids is 1. The fraction of sp³-hybridized carbons (Fsp3) is 0.188. The zero-order valence-corrected chi connectivity index (χ0v) is 11.9. The summed E-state index contributed by atoms with van der Waals surface area (Å²) in [6.07, 6.45) is 0. The number of rotatable bonds is 3. The molecule has 0 amide bonds. The zero-order valence-electron chi connectivity index (χ0n) is 11.9. The summed E-state index contributed by atoms with van der Waals surface area (Å²) < 4.78 is 27.8. The zero-order chi connectivity index (χ0) is 15.7. The van der Waals surface area contributed by atoms with Crippen molar-refractivity contribution in [3.05, 3.63) is 58.2 Å². The first-order valence-electron chi connectivity index (χ1n) is 6.37. The van der Waals surface area contributed by atoms with Crippen LogP contribution < -0.4 is 5.32 Å². The molecule has 0 bridgehead atoms. The molecule has 0 spiro atoms. The highest BCUT2D eigenvalue weighted by atomic mass is 19.2. The van der Waals surface area contributed by atoms with E-state index in [4.69, 9.17) is 5.11 Å². The minimum Gasteiger partial charge on any atom is -0.478 e. The van der Waals surface area contributed by atoms with Crippen LogP contribution in [-0.4, -0.2) is 11.1 Å². The lowest BCUT2D eigenvalue weighted by atomic mass is 10.1. The van der Waals surface area contributed by atoms with Crippen molar-refractivity contribution in [1.82, 2.24) is 0 Å². The van der Waals surface area contributed by atoms with Gasteiger partial charge in [0, 0.05) is 5.69 Å². The third-order valence-corrected chi connectivity index (χ3v) is 3.26. The van der Waals surface area contributed by atoms with Gasteiger partial charge in [0.15, 0.2) is 11.6 Å². The summed E-state index contributed by atoms with van der Waals surface area (Å²) >= 11 is 0. The second-order valence-electron chi connectivity index (χ2n) is 4.99. The quantitative estimate of drug-likeness (QED) is 0.884. The van der Waals surface area contributed by atoms with Crippen molar-refractivity contribution in [2.24, 2.45) is 0 Å². The number of carboxylic acid groups (broad SMARTS) is 1. The molecule has 2 N–H and O–H groups in total. The molecule has 3 nitrogen and oxygen atoms in total. The highest BCUT2D eigenvalue weighted by Crippen LogP contribution is 2.30. The normalized spacial score (nSPS) is 10.5. The van der Waals surface area contributed by atoms with Crippen molar-refractivity contribution in [1.29, 1.82) is 0 Å². The molecule has 2 rings (SSSR count). The van der Waals surface area contributed by atoms with E-state index in [1.807, 2.05) is 13.0 Å². The number of nitrogens with one attached hydrogen (secondary N) is 1. The van der Waals surface area contributed by atoms with Gasteiger partial charge < -0.3 is 10.4 Å². The topological polar surface area (TPSA) is 49.3 Å². The Morgan fingerprint density at radius 3 is 2.29 bits per heavy atom. The lowest BCUT2D eigenvalue weighted by molar-refractivity contribution is 0.0697. The van der Waals surface area contributed by atoms with Gasteiger partial charge in [-0.05, 0) is 44.0 Å². The van der Waals surface area contributed by atoms with Crippen molar-refractivity contribution in [3.8, 4) is 0 Å². The van der Waals surface area contributed by atoms with Crippen LogP contribution in [0.3, 0.4) is 0 Å². The first kappa shape index (κ1) is 15.0. The van der Waals surface area contributed by atoms with Crippen LogP contribution >= 0.6 is 0 Å².